The number of hydrogen-bond donors (Lipinski definition) is 2. The Labute approximate surface area is 229 Å². The molecule has 0 spiro atoms. The van der Waals surface area contributed by atoms with Gasteiger partial charge in [-0.1, -0.05) is 60.7 Å². The third-order valence-electron chi connectivity index (χ3n) is 7.09. The normalized spacial score (nSPS) is 12.4. The maximum atomic E-state index is 13.4. The quantitative estimate of drug-likeness (QED) is 0.248. The Balaban J connectivity index is 0.00000336. The molecule has 0 saturated carbocycles. The Morgan fingerprint density at radius 3 is 2.47 bits per heavy atom. The van der Waals surface area contributed by atoms with Gasteiger partial charge in [-0.05, 0) is 65.4 Å². The third kappa shape index (κ3) is 5.41. The number of anilines is 2. The van der Waals surface area contributed by atoms with E-state index in [9.17, 15) is 9.59 Å². The summed E-state index contributed by atoms with van der Waals surface area (Å²) < 4.78 is 0. The highest BCUT2D eigenvalue weighted by atomic mass is 35.5. The van der Waals surface area contributed by atoms with Crippen LogP contribution in [0, 0.1) is 5.41 Å². The molecule has 2 amide bonds. The summed E-state index contributed by atoms with van der Waals surface area (Å²) in [6, 6.07) is 27.1. The van der Waals surface area contributed by atoms with Crippen LogP contribution in [0.1, 0.15) is 39.9 Å². The number of benzene rings is 4. The standard InChI is InChI=1S/C31H30N4O2.ClH/c1-34(31(37)27-10-4-7-22-6-2-3-9-26(22)27)25-16-17-28-24(20-25)8-5-19-35(28)29(36)18-13-21-11-14-23(15-12-21)30(32)33;/h2-4,6-7,9-12,14-17,20H,5,8,13,18-19H2,1H3,(H3,32,33);1H. The number of hydrogen-bond acceptors (Lipinski definition) is 3. The van der Waals surface area contributed by atoms with E-state index in [2.05, 4.69) is 0 Å². The van der Waals surface area contributed by atoms with Crippen molar-refractivity contribution in [1.82, 2.24) is 0 Å². The van der Waals surface area contributed by atoms with E-state index in [0.717, 1.165) is 46.1 Å². The monoisotopic (exact) mass is 526 g/mol. The van der Waals surface area contributed by atoms with E-state index in [1.54, 1.807) is 11.9 Å². The Morgan fingerprint density at radius 2 is 1.71 bits per heavy atom. The average molecular weight is 527 g/mol. The molecule has 4 aromatic rings. The molecule has 5 rings (SSSR count). The first-order valence-corrected chi connectivity index (χ1v) is 12.5. The van der Waals surface area contributed by atoms with Gasteiger partial charge in [0.15, 0.2) is 0 Å². The van der Waals surface area contributed by atoms with Crippen LogP contribution >= 0.6 is 12.4 Å². The third-order valence-corrected chi connectivity index (χ3v) is 7.09. The van der Waals surface area contributed by atoms with Gasteiger partial charge in [-0.3, -0.25) is 15.0 Å². The first-order valence-electron chi connectivity index (χ1n) is 12.5. The van der Waals surface area contributed by atoms with Crippen molar-refractivity contribution >= 4 is 52.2 Å². The Morgan fingerprint density at radius 1 is 0.974 bits per heavy atom. The van der Waals surface area contributed by atoms with Crippen molar-refractivity contribution in [2.45, 2.75) is 25.7 Å². The molecule has 0 fully saturated rings. The second-order valence-corrected chi connectivity index (χ2v) is 9.46. The fourth-order valence-electron chi connectivity index (χ4n) is 5.00. The second kappa shape index (κ2) is 11.5. The van der Waals surface area contributed by atoms with Crippen LogP contribution in [0.2, 0.25) is 0 Å². The molecule has 0 bridgehead atoms. The van der Waals surface area contributed by atoms with Crippen molar-refractivity contribution in [3.05, 3.63) is 107 Å². The Bertz CT molecular complexity index is 1490. The topological polar surface area (TPSA) is 90.5 Å². The molecule has 3 N–H and O–H groups in total. The van der Waals surface area contributed by atoms with E-state index >= 15 is 0 Å². The van der Waals surface area contributed by atoms with E-state index in [-0.39, 0.29) is 30.1 Å². The Kier molecular flexibility index (Phi) is 8.13. The molecule has 0 saturated heterocycles. The van der Waals surface area contributed by atoms with Gasteiger partial charge in [-0.2, -0.15) is 0 Å². The molecule has 6 nitrogen and oxygen atoms in total. The number of amides is 2. The summed E-state index contributed by atoms with van der Waals surface area (Å²) in [6.45, 7) is 0.694. The van der Waals surface area contributed by atoms with Crippen LogP contribution in [0.3, 0.4) is 0 Å². The first-order chi connectivity index (χ1) is 17.9. The fraction of sp³-hybridized carbons (Fsp3) is 0.194. The lowest BCUT2D eigenvalue weighted by Gasteiger charge is -2.31. The molecular formula is C31H31ClN4O2. The molecule has 0 aliphatic carbocycles. The Hall–Kier alpha value is -4.16. The van der Waals surface area contributed by atoms with Crippen molar-refractivity contribution in [3.63, 3.8) is 0 Å². The van der Waals surface area contributed by atoms with Crippen LogP contribution in [0.25, 0.3) is 10.8 Å². The lowest BCUT2D eigenvalue weighted by atomic mass is 9.99. The van der Waals surface area contributed by atoms with Crippen molar-refractivity contribution < 1.29 is 9.59 Å². The molecule has 38 heavy (non-hydrogen) atoms. The van der Waals surface area contributed by atoms with Crippen LogP contribution in [0.5, 0.6) is 0 Å². The summed E-state index contributed by atoms with van der Waals surface area (Å²) in [5, 5.41) is 9.49. The van der Waals surface area contributed by atoms with Crippen LogP contribution < -0.4 is 15.5 Å². The number of nitrogens with zero attached hydrogens (tertiary/aromatic N) is 2. The summed E-state index contributed by atoms with van der Waals surface area (Å²) >= 11 is 0. The average Bonchev–Trinajstić information content (AvgIpc) is 2.94. The summed E-state index contributed by atoms with van der Waals surface area (Å²) in [6.07, 6.45) is 2.79. The van der Waals surface area contributed by atoms with Crippen LogP contribution in [-0.4, -0.2) is 31.2 Å². The molecular weight excluding hydrogens is 496 g/mol. The zero-order valence-corrected chi connectivity index (χ0v) is 22.1. The van der Waals surface area contributed by atoms with Crippen LogP contribution in [0.15, 0.2) is 84.9 Å². The van der Waals surface area contributed by atoms with E-state index < -0.39 is 0 Å². The van der Waals surface area contributed by atoms with Crippen LogP contribution in [0.4, 0.5) is 11.4 Å². The SMILES string of the molecule is CN(C(=O)c1cccc2ccccc12)c1ccc2c(c1)CCCN2C(=O)CCc1ccc(C(=N)N)cc1.Cl. The number of aryl methyl sites for hydroxylation is 2. The van der Waals surface area contributed by atoms with Gasteiger partial charge in [-0.15, -0.1) is 12.4 Å². The maximum absolute atomic E-state index is 13.4. The van der Waals surface area contributed by atoms with Gasteiger partial charge in [-0.25, -0.2) is 0 Å². The molecule has 0 aromatic heterocycles. The van der Waals surface area contributed by atoms with Crippen molar-refractivity contribution in [2.75, 3.05) is 23.4 Å². The number of amidine groups is 1. The highest BCUT2D eigenvalue weighted by molar-refractivity contribution is 6.14. The maximum Gasteiger partial charge on any atom is 0.258 e. The molecule has 194 valence electrons. The van der Waals surface area contributed by atoms with Crippen molar-refractivity contribution in [3.8, 4) is 0 Å². The van der Waals surface area contributed by atoms with Crippen molar-refractivity contribution in [2.24, 2.45) is 5.73 Å². The highest BCUT2D eigenvalue weighted by Gasteiger charge is 2.24. The van der Waals surface area contributed by atoms with Gasteiger partial charge in [0.1, 0.15) is 5.84 Å². The predicted molar refractivity (Wildman–Crippen MR) is 157 cm³/mol. The number of nitrogen functional groups attached to an aromatic ring is 1. The van der Waals surface area contributed by atoms with E-state index in [1.807, 2.05) is 89.8 Å². The molecule has 1 heterocycles. The number of fused-ring (bicyclic) bond motifs is 2. The number of nitrogens with two attached hydrogens (primary N) is 1. The highest BCUT2D eigenvalue weighted by Crippen LogP contribution is 2.32. The van der Waals surface area contributed by atoms with E-state index in [4.69, 9.17) is 11.1 Å². The van der Waals surface area contributed by atoms with Crippen LogP contribution in [-0.2, 0) is 17.6 Å². The molecule has 0 radical (unpaired) electrons. The summed E-state index contributed by atoms with van der Waals surface area (Å²) in [7, 11) is 1.80. The zero-order chi connectivity index (χ0) is 25.9. The van der Waals surface area contributed by atoms with Gasteiger partial charge in [0.05, 0.1) is 0 Å². The predicted octanol–water partition coefficient (Wildman–Crippen LogP) is 5.73. The lowest BCUT2D eigenvalue weighted by molar-refractivity contribution is -0.118. The smallest absolute Gasteiger partial charge is 0.258 e. The summed E-state index contributed by atoms with van der Waals surface area (Å²) in [5.74, 6) is 0.0669. The largest absolute Gasteiger partial charge is 0.384 e. The molecule has 0 unspecified atom stereocenters. The number of carbonyl (C=O) groups excluding carboxylic acids is 2. The number of halogens is 1. The minimum atomic E-state index is -0.0590. The molecule has 7 heteroatoms. The van der Waals surface area contributed by atoms with Gasteiger partial charge < -0.3 is 15.5 Å². The van der Waals surface area contributed by atoms with Gasteiger partial charge in [0.25, 0.3) is 5.91 Å². The van der Waals surface area contributed by atoms with Gasteiger partial charge in [0.2, 0.25) is 5.91 Å². The zero-order valence-electron chi connectivity index (χ0n) is 21.3. The lowest BCUT2D eigenvalue weighted by Crippen LogP contribution is -2.36. The summed E-state index contributed by atoms with van der Waals surface area (Å²) in [4.78, 5) is 30.1. The number of rotatable bonds is 6. The molecule has 4 aromatic carbocycles. The molecule has 1 aliphatic rings. The summed E-state index contributed by atoms with van der Waals surface area (Å²) in [5.41, 5.74) is 10.7. The molecule has 1 aliphatic heterocycles. The van der Waals surface area contributed by atoms with Gasteiger partial charge in [0, 0.05) is 42.5 Å². The minimum absolute atomic E-state index is 0. The first kappa shape index (κ1) is 26.9. The molecule has 0 atom stereocenters. The number of carbonyl (C=O) groups is 2. The number of nitrogens with one attached hydrogen (secondary N) is 1. The second-order valence-electron chi connectivity index (χ2n) is 9.46. The minimum Gasteiger partial charge on any atom is -0.384 e. The van der Waals surface area contributed by atoms with Gasteiger partial charge >= 0.3 is 0 Å². The van der Waals surface area contributed by atoms with E-state index in [1.165, 1.54) is 0 Å². The fourth-order valence-corrected chi connectivity index (χ4v) is 5.00. The van der Waals surface area contributed by atoms with Crippen molar-refractivity contribution in [1.29, 1.82) is 5.41 Å². The van der Waals surface area contributed by atoms with E-state index in [0.29, 0.717) is 30.5 Å².